The summed E-state index contributed by atoms with van der Waals surface area (Å²) >= 11 is 7.12. The van der Waals surface area contributed by atoms with Gasteiger partial charge in [0.25, 0.3) is 5.65 Å². The number of fused-ring (bicyclic) bond motifs is 1. The molecule has 9 heteroatoms. The number of rotatable bonds is 5. The number of carbonyl (C=O) groups excluding carboxylic acids is 2. The zero-order chi connectivity index (χ0) is 18.5. The first-order valence-corrected chi connectivity index (χ1v) is 9.15. The number of hydrogen-bond donors (Lipinski definition) is 0. The first-order chi connectivity index (χ1) is 12.4. The summed E-state index contributed by atoms with van der Waals surface area (Å²) in [5.41, 5.74) is -0.323. The van der Waals surface area contributed by atoms with Crippen LogP contribution in [-0.2, 0) is 16.1 Å². The molecule has 0 radical (unpaired) electrons. The van der Waals surface area contributed by atoms with Crippen molar-refractivity contribution in [2.75, 3.05) is 0 Å². The fourth-order valence-corrected chi connectivity index (χ4v) is 3.67. The zero-order valence-electron chi connectivity index (χ0n) is 13.8. The molecule has 0 bridgehead atoms. The molecule has 4 rings (SSSR count). The summed E-state index contributed by atoms with van der Waals surface area (Å²) in [4.78, 5) is 29.7. The van der Waals surface area contributed by atoms with Crippen molar-refractivity contribution in [2.45, 2.75) is 31.9 Å². The number of ketones is 1. The van der Waals surface area contributed by atoms with E-state index in [1.807, 2.05) is 0 Å². The lowest BCUT2D eigenvalue weighted by Crippen LogP contribution is -2.28. The molecule has 26 heavy (non-hydrogen) atoms. The van der Waals surface area contributed by atoms with Gasteiger partial charge in [-0.25, -0.2) is 18.7 Å². The molecule has 0 saturated heterocycles. The molecule has 0 atom stereocenters. The van der Waals surface area contributed by atoms with Crippen molar-refractivity contribution in [3.05, 3.63) is 45.6 Å². The van der Waals surface area contributed by atoms with E-state index in [1.165, 1.54) is 20.3 Å². The van der Waals surface area contributed by atoms with Crippen molar-refractivity contribution in [3.63, 3.8) is 0 Å². The Kier molecular flexibility index (Phi) is 3.96. The van der Waals surface area contributed by atoms with Gasteiger partial charge >= 0.3 is 11.8 Å². The number of pyridine rings is 1. The molecule has 1 aliphatic carbocycles. The SMILES string of the molecule is CC1(OC(=O)C(=O)c2c([O-])[n+]3ccccc3n2Cc2cnc(Cl)s2)CC1. The Morgan fingerprint density at radius 2 is 2.23 bits per heavy atom. The second-order valence-electron chi connectivity index (χ2n) is 6.42. The van der Waals surface area contributed by atoms with E-state index < -0.39 is 23.2 Å². The van der Waals surface area contributed by atoms with Crippen molar-refractivity contribution in [1.29, 1.82) is 0 Å². The van der Waals surface area contributed by atoms with Gasteiger partial charge in [0.05, 0.1) is 11.1 Å². The normalized spacial score (nSPS) is 15.2. The molecule has 0 amide bonds. The van der Waals surface area contributed by atoms with Crippen LogP contribution in [0.4, 0.5) is 0 Å². The largest absolute Gasteiger partial charge is 0.839 e. The van der Waals surface area contributed by atoms with Crippen molar-refractivity contribution >= 4 is 40.3 Å². The Morgan fingerprint density at radius 3 is 2.88 bits per heavy atom. The van der Waals surface area contributed by atoms with Crippen LogP contribution in [-0.4, -0.2) is 26.9 Å². The molecular formula is C17H14ClN3O4S. The lowest BCUT2D eigenvalue weighted by atomic mass is 10.2. The maximum Gasteiger partial charge on any atom is 0.384 e. The Balaban J connectivity index is 1.79. The van der Waals surface area contributed by atoms with Crippen molar-refractivity contribution in [1.82, 2.24) is 9.55 Å². The van der Waals surface area contributed by atoms with Gasteiger partial charge in [-0.3, -0.25) is 4.79 Å². The van der Waals surface area contributed by atoms with E-state index in [2.05, 4.69) is 4.98 Å². The van der Waals surface area contributed by atoms with Gasteiger partial charge < -0.3 is 9.84 Å². The molecule has 0 aliphatic heterocycles. The predicted octanol–water partition coefficient (Wildman–Crippen LogP) is 1.74. The molecule has 0 unspecified atom stereocenters. The summed E-state index contributed by atoms with van der Waals surface area (Å²) in [6.45, 7) is 1.96. The third kappa shape index (κ3) is 2.95. The average molecular weight is 392 g/mol. The van der Waals surface area contributed by atoms with E-state index in [1.54, 1.807) is 37.5 Å². The van der Waals surface area contributed by atoms with Crippen LogP contribution in [0.2, 0.25) is 4.47 Å². The summed E-state index contributed by atoms with van der Waals surface area (Å²) in [5, 5.41) is 12.7. The number of aromatic nitrogens is 3. The van der Waals surface area contributed by atoms with Crippen LogP contribution < -0.4 is 9.51 Å². The molecule has 1 fully saturated rings. The van der Waals surface area contributed by atoms with Gasteiger partial charge in [-0.2, -0.15) is 0 Å². The molecular weight excluding hydrogens is 378 g/mol. The second kappa shape index (κ2) is 6.07. The minimum Gasteiger partial charge on any atom is -0.839 e. The molecule has 134 valence electrons. The van der Waals surface area contributed by atoms with Gasteiger partial charge in [0.15, 0.2) is 4.47 Å². The molecule has 1 aliphatic rings. The van der Waals surface area contributed by atoms with Crippen LogP contribution in [0.25, 0.3) is 5.65 Å². The fourth-order valence-electron chi connectivity index (χ4n) is 2.71. The lowest BCUT2D eigenvalue weighted by Gasteiger charge is -2.10. The number of ether oxygens (including phenoxy) is 1. The summed E-state index contributed by atoms with van der Waals surface area (Å²) < 4.78 is 8.45. The van der Waals surface area contributed by atoms with Gasteiger partial charge in [-0.1, -0.05) is 17.7 Å². The Labute approximate surface area is 157 Å². The highest BCUT2D eigenvalue weighted by Gasteiger charge is 2.44. The van der Waals surface area contributed by atoms with Crippen molar-refractivity contribution in [2.24, 2.45) is 0 Å². The maximum atomic E-state index is 12.7. The van der Waals surface area contributed by atoms with Crippen LogP contribution in [0.3, 0.4) is 0 Å². The van der Waals surface area contributed by atoms with E-state index >= 15 is 0 Å². The van der Waals surface area contributed by atoms with E-state index in [0.717, 1.165) is 4.88 Å². The highest BCUT2D eigenvalue weighted by molar-refractivity contribution is 7.15. The zero-order valence-corrected chi connectivity index (χ0v) is 15.3. The number of Topliss-reactive ketones (excluding diaryl/α,β-unsaturated/α-hetero) is 1. The minimum atomic E-state index is -1.01. The van der Waals surface area contributed by atoms with Crippen molar-refractivity contribution in [3.8, 4) is 5.88 Å². The molecule has 7 nitrogen and oxygen atoms in total. The highest BCUT2D eigenvalue weighted by Crippen LogP contribution is 2.39. The topological polar surface area (TPSA) is 88.4 Å². The highest BCUT2D eigenvalue weighted by atomic mass is 35.5. The number of carbonyl (C=O) groups is 2. The number of nitrogens with zero attached hydrogens (tertiary/aromatic N) is 3. The first-order valence-electron chi connectivity index (χ1n) is 7.96. The number of hydrogen-bond acceptors (Lipinski definition) is 6. The second-order valence-corrected chi connectivity index (χ2v) is 8.11. The number of thiazole rings is 1. The standard InChI is InChI=1S/C17H14ClN3O4S/c1-17(5-6-17)25-15(24)13(22)12-14(23)20-7-3-2-4-11(20)21(12)9-10-8-19-16(18)26-10/h2-4,7-8H,5-6,9H2,1H3. The third-order valence-corrected chi connectivity index (χ3v) is 5.44. The van der Waals surface area contributed by atoms with Gasteiger partial charge in [-0.15, -0.1) is 11.3 Å². The Hall–Kier alpha value is -2.45. The molecule has 1 saturated carbocycles. The summed E-state index contributed by atoms with van der Waals surface area (Å²) in [5.74, 6) is -2.50. The van der Waals surface area contributed by atoms with Crippen LogP contribution in [0.1, 0.15) is 35.1 Å². The fraction of sp³-hybridized carbons (Fsp3) is 0.294. The number of imidazole rings is 1. The quantitative estimate of drug-likeness (QED) is 0.286. The third-order valence-electron chi connectivity index (χ3n) is 4.34. The number of esters is 1. The predicted molar refractivity (Wildman–Crippen MR) is 91.3 cm³/mol. The van der Waals surface area contributed by atoms with Gasteiger partial charge in [0, 0.05) is 12.3 Å². The molecule has 0 N–H and O–H groups in total. The van der Waals surface area contributed by atoms with Crippen LogP contribution in [0.5, 0.6) is 5.88 Å². The lowest BCUT2D eigenvalue weighted by molar-refractivity contribution is -0.582. The monoisotopic (exact) mass is 391 g/mol. The summed E-state index contributed by atoms with van der Waals surface area (Å²) in [6.07, 6.45) is 4.56. The van der Waals surface area contributed by atoms with Crippen LogP contribution in [0.15, 0.2) is 30.6 Å². The summed E-state index contributed by atoms with van der Waals surface area (Å²) in [7, 11) is 0. The van der Waals surface area contributed by atoms with E-state index in [4.69, 9.17) is 16.3 Å². The minimum absolute atomic E-state index is 0.200. The Bertz CT molecular complexity index is 1040. The number of halogens is 1. The van der Waals surface area contributed by atoms with Crippen LogP contribution in [0, 0.1) is 0 Å². The first kappa shape index (κ1) is 17.0. The molecule has 3 aromatic rings. The van der Waals surface area contributed by atoms with E-state index in [-0.39, 0.29) is 12.2 Å². The van der Waals surface area contributed by atoms with E-state index in [0.29, 0.717) is 23.0 Å². The van der Waals surface area contributed by atoms with Gasteiger partial charge in [0.1, 0.15) is 18.0 Å². The Morgan fingerprint density at radius 1 is 1.46 bits per heavy atom. The average Bonchev–Trinajstić information content (AvgIpc) is 3.08. The van der Waals surface area contributed by atoms with Crippen molar-refractivity contribution < 1.29 is 23.8 Å². The van der Waals surface area contributed by atoms with Crippen LogP contribution >= 0.6 is 22.9 Å². The summed E-state index contributed by atoms with van der Waals surface area (Å²) in [6, 6.07) is 5.14. The van der Waals surface area contributed by atoms with Gasteiger partial charge in [0.2, 0.25) is 5.69 Å². The smallest absolute Gasteiger partial charge is 0.384 e. The van der Waals surface area contributed by atoms with Gasteiger partial charge in [-0.05, 0) is 25.8 Å². The molecule has 0 spiro atoms. The maximum absolute atomic E-state index is 12.7. The molecule has 3 heterocycles. The molecule has 3 aromatic heterocycles. The van der Waals surface area contributed by atoms with E-state index in [9.17, 15) is 14.7 Å². The molecule has 0 aromatic carbocycles.